The van der Waals surface area contributed by atoms with Crippen LogP contribution in [0.2, 0.25) is 0 Å². The molecule has 0 bridgehead atoms. The first-order valence-electron chi connectivity index (χ1n) is 4.79. The molecule has 14 heavy (non-hydrogen) atoms. The third-order valence-electron chi connectivity index (χ3n) is 1.88. The zero-order chi connectivity index (χ0) is 10.4. The van der Waals surface area contributed by atoms with Crippen molar-refractivity contribution in [1.82, 2.24) is 10.3 Å². The van der Waals surface area contributed by atoms with Crippen molar-refractivity contribution in [2.45, 2.75) is 33.2 Å². The molecule has 1 atom stereocenters. The molecule has 0 radical (unpaired) electrons. The highest BCUT2D eigenvalue weighted by molar-refractivity contribution is 7.09. The Morgan fingerprint density at radius 2 is 2.43 bits per heavy atom. The topological polar surface area (TPSA) is 24.9 Å². The first-order chi connectivity index (χ1) is 6.74. The van der Waals surface area contributed by atoms with Crippen LogP contribution in [-0.4, -0.2) is 11.5 Å². The zero-order valence-electron chi connectivity index (χ0n) is 8.92. The molecule has 0 saturated carbocycles. The van der Waals surface area contributed by atoms with Crippen molar-refractivity contribution >= 4 is 11.3 Å². The Bertz CT molecular complexity index is 333. The molecule has 2 nitrogen and oxygen atoms in total. The molecule has 0 fully saturated rings. The van der Waals surface area contributed by atoms with Crippen molar-refractivity contribution < 1.29 is 0 Å². The van der Waals surface area contributed by atoms with Crippen LogP contribution >= 0.6 is 11.3 Å². The highest BCUT2D eigenvalue weighted by Crippen LogP contribution is 2.16. The highest BCUT2D eigenvalue weighted by atomic mass is 32.1. The fourth-order valence-corrected chi connectivity index (χ4v) is 1.96. The average molecular weight is 208 g/mol. The lowest BCUT2D eigenvalue weighted by Crippen LogP contribution is -2.19. The molecule has 0 aliphatic heterocycles. The van der Waals surface area contributed by atoms with E-state index in [1.165, 1.54) is 0 Å². The zero-order valence-corrected chi connectivity index (χ0v) is 9.74. The second kappa shape index (κ2) is 5.79. The molecule has 3 heteroatoms. The number of aryl methyl sites for hydroxylation is 1. The van der Waals surface area contributed by atoms with Crippen LogP contribution in [0.4, 0.5) is 0 Å². The van der Waals surface area contributed by atoms with Gasteiger partial charge in [-0.05, 0) is 20.8 Å². The van der Waals surface area contributed by atoms with Crippen LogP contribution in [0.25, 0.3) is 0 Å². The highest BCUT2D eigenvalue weighted by Gasteiger charge is 2.07. The summed E-state index contributed by atoms with van der Waals surface area (Å²) in [5, 5.41) is 6.63. The number of aromatic nitrogens is 1. The Kier molecular flexibility index (Phi) is 4.64. The van der Waals surface area contributed by atoms with Gasteiger partial charge in [0.1, 0.15) is 5.01 Å². The first kappa shape index (κ1) is 11.2. The van der Waals surface area contributed by atoms with Crippen molar-refractivity contribution in [2.24, 2.45) is 0 Å². The molecule has 1 heterocycles. The molecule has 1 aromatic rings. The molecule has 1 N–H and O–H groups in total. The van der Waals surface area contributed by atoms with E-state index in [0.29, 0.717) is 6.04 Å². The van der Waals surface area contributed by atoms with Crippen LogP contribution in [0.3, 0.4) is 0 Å². The van der Waals surface area contributed by atoms with Gasteiger partial charge in [0, 0.05) is 24.0 Å². The summed E-state index contributed by atoms with van der Waals surface area (Å²) in [6.45, 7) is 6.96. The summed E-state index contributed by atoms with van der Waals surface area (Å²) in [7, 11) is 0. The minimum atomic E-state index is 0.340. The van der Waals surface area contributed by atoms with Crippen molar-refractivity contribution in [3.63, 3.8) is 0 Å². The van der Waals surface area contributed by atoms with E-state index in [9.17, 15) is 0 Å². The predicted octanol–water partition coefficient (Wildman–Crippen LogP) is 2.52. The molecule has 1 unspecified atom stereocenters. The van der Waals surface area contributed by atoms with Crippen LogP contribution < -0.4 is 5.32 Å². The fraction of sp³-hybridized carbons (Fsp3) is 0.545. The number of rotatable bonds is 4. The Labute approximate surface area is 89.8 Å². The molecule has 0 amide bonds. The normalized spacial score (nSPS) is 11.9. The Hall–Kier alpha value is -0.850. The van der Waals surface area contributed by atoms with Crippen LogP contribution in [0.1, 0.15) is 37.0 Å². The second-order valence-corrected chi connectivity index (χ2v) is 4.07. The standard InChI is InChI=1S/C11H16N2S/c1-4-5-6-7-12-10(3)11-13-9(2)8-14-11/h8,10,12H,6-7H2,1-3H3. The van der Waals surface area contributed by atoms with Gasteiger partial charge in [0.05, 0.1) is 6.04 Å². The van der Waals surface area contributed by atoms with Crippen LogP contribution in [-0.2, 0) is 0 Å². The fourth-order valence-electron chi connectivity index (χ4n) is 1.13. The number of thiazole rings is 1. The van der Waals surface area contributed by atoms with Gasteiger partial charge in [-0.1, -0.05) is 0 Å². The minimum absolute atomic E-state index is 0.340. The molecule has 1 aromatic heterocycles. The maximum Gasteiger partial charge on any atom is 0.110 e. The van der Waals surface area contributed by atoms with E-state index in [-0.39, 0.29) is 0 Å². The summed E-state index contributed by atoms with van der Waals surface area (Å²) in [4.78, 5) is 4.43. The van der Waals surface area contributed by atoms with Crippen LogP contribution in [0.15, 0.2) is 5.38 Å². The van der Waals surface area contributed by atoms with Crippen molar-refractivity contribution in [3.8, 4) is 11.8 Å². The summed E-state index contributed by atoms with van der Waals surface area (Å²) in [5.74, 6) is 5.91. The molecule has 0 aromatic carbocycles. The van der Waals surface area contributed by atoms with Gasteiger partial charge in [0.2, 0.25) is 0 Å². The summed E-state index contributed by atoms with van der Waals surface area (Å²) in [6.07, 6.45) is 0.908. The van der Waals surface area contributed by atoms with E-state index in [1.807, 2.05) is 13.8 Å². The Morgan fingerprint density at radius 1 is 1.64 bits per heavy atom. The predicted molar refractivity (Wildman–Crippen MR) is 61.3 cm³/mol. The first-order valence-corrected chi connectivity index (χ1v) is 5.67. The molecule has 0 saturated heterocycles. The molecule has 1 rings (SSSR count). The van der Waals surface area contributed by atoms with E-state index < -0.39 is 0 Å². The molecule has 0 spiro atoms. The molecular formula is C11H16N2S. The lowest BCUT2D eigenvalue weighted by molar-refractivity contribution is 0.580. The van der Waals surface area contributed by atoms with Crippen molar-refractivity contribution in [1.29, 1.82) is 0 Å². The van der Waals surface area contributed by atoms with Gasteiger partial charge in [-0.2, -0.15) is 0 Å². The van der Waals surface area contributed by atoms with Gasteiger partial charge < -0.3 is 5.32 Å². The van der Waals surface area contributed by atoms with E-state index in [0.717, 1.165) is 23.7 Å². The van der Waals surface area contributed by atoms with Gasteiger partial charge in [0.15, 0.2) is 0 Å². The van der Waals surface area contributed by atoms with Gasteiger partial charge in [-0.15, -0.1) is 23.2 Å². The second-order valence-electron chi connectivity index (χ2n) is 3.18. The largest absolute Gasteiger partial charge is 0.307 e. The minimum Gasteiger partial charge on any atom is -0.307 e. The molecule has 76 valence electrons. The van der Waals surface area contributed by atoms with Gasteiger partial charge in [-0.25, -0.2) is 4.98 Å². The Balaban J connectivity index is 2.34. The lowest BCUT2D eigenvalue weighted by Gasteiger charge is -2.08. The van der Waals surface area contributed by atoms with Gasteiger partial charge in [0.25, 0.3) is 0 Å². The maximum absolute atomic E-state index is 4.43. The van der Waals surface area contributed by atoms with E-state index in [4.69, 9.17) is 0 Å². The number of hydrogen-bond donors (Lipinski definition) is 1. The van der Waals surface area contributed by atoms with Crippen molar-refractivity contribution in [2.75, 3.05) is 6.54 Å². The van der Waals surface area contributed by atoms with Gasteiger partial charge >= 0.3 is 0 Å². The third kappa shape index (κ3) is 3.49. The number of nitrogens with zero attached hydrogens (tertiary/aromatic N) is 1. The molecule has 0 aliphatic carbocycles. The van der Waals surface area contributed by atoms with Crippen molar-refractivity contribution in [3.05, 3.63) is 16.1 Å². The molecular weight excluding hydrogens is 192 g/mol. The van der Waals surface area contributed by atoms with Crippen LogP contribution in [0.5, 0.6) is 0 Å². The number of nitrogens with one attached hydrogen (secondary N) is 1. The Morgan fingerprint density at radius 3 is 3.00 bits per heavy atom. The smallest absolute Gasteiger partial charge is 0.110 e. The monoisotopic (exact) mass is 208 g/mol. The summed E-state index contributed by atoms with van der Waals surface area (Å²) >= 11 is 1.71. The summed E-state index contributed by atoms with van der Waals surface area (Å²) < 4.78 is 0. The SMILES string of the molecule is CC#CCCNC(C)c1nc(C)cs1. The maximum atomic E-state index is 4.43. The third-order valence-corrected chi connectivity index (χ3v) is 3.03. The van der Waals surface area contributed by atoms with E-state index in [1.54, 1.807) is 11.3 Å². The van der Waals surface area contributed by atoms with E-state index in [2.05, 4.69) is 34.4 Å². The summed E-state index contributed by atoms with van der Waals surface area (Å²) in [6, 6.07) is 0.340. The average Bonchev–Trinajstić information content (AvgIpc) is 2.59. The summed E-state index contributed by atoms with van der Waals surface area (Å²) in [5.41, 5.74) is 1.10. The van der Waals surface area contributed by atoms with Gasteiger partial charge in [-0.3, -0.25) is 0 Å². The van der Waals surface area contributed by atoms with E-state index >= 15 is 0 Å². The number of hydrogen-bond acceptors (Lipinski definition) is 3. The lowest BCUT2D eigenvalue weighted by atomic mass is 10.3. The van der Waals surface area contributed by atoms with Crippen LogP contribution in [0, 0.1) is 18.8 Å². The quantitative estimate of drug-likeness (QED) is 0.607. The molecule has 0 aliphatic rings.